The van der Waals surface area contributed by atoms with Crippen LogP contribution in [0.1, 0.15) is 5.69 Å². The van der Waals surface area contributed by atoms with E-state index in [1.807, 2.05) is 32.2 Å². The van der Waals surface area contributed by atoms with Crippen LogP contribution in [0.15, 0.2) is 27.1 Å². The number of benzene rings is 1. The van der Waals surface area contributed by atoms with Gasteiger partial charge in [-0.1, -0.05) is 6.07 Å². The fourth-order valence-electron chi connectivity index (χ4n) is 1.56. The topological polar surface area (TPSA) is 55.9 Å². The number of nitrogens with zero attached hydrogens (tertiary/aromatic N) is 2. The zero-order valence-electron chi connectivity index (χ0n) is 9.46. The molecule has 3 N–H and O–H groups in total. The van der Waals surface area contributed by atoms with E-state index in [-0.39, 0.29) is 0 Å². The van der Waals surface area contributed by atoms with Gasteiger partial charge in [0.1, 0.15) is 0 Å². The molecular formula is C11H12Br2N4. The molecule has 6 heteroatoms. The zero-order valence-corrected chi connectivity index (χ0v) is 12.6. The van der Waals surface area contributed by atoms with E-state index in [4.69, 9.17) is 5.73 Å². The quantitative estimate of drug-likeness (QED) is 0.861. The second kappa shape index (κ2) is 4.70. The standard InChI is InChI=1S/C11H12Br2N4/c1-6-9(14)11(17(2)16-6)15-10-7(12)4-3-5-8(10)13/h3-5,15H,14H2,1-2H3. The van der Waals surface area contributed by atoms with Gasteiger partial charge in [0.05, 0.1) is 17.1 Å². The second-order valence-electron chi connectivity index (χ2n) is 3.69. The Labute approximate surface area is 116 Å². The van der Waals surface area contributed by atoms with Crippen LogP contribution < -0.4 is 11.1 Å². The van der Waals surface area contributed by atoms with Crippen molar-refractivity contribution in [2.45, 2.75) is 6.92 Å². The first-order chi connectivity index (χ1) is 8.00. The largest absolute Gasteiger partial charge is 0.394 e. The first kappa shape index (κ1) is 12.4. The highest BCUT2D eigenvalue weighted by molar-refractivity contribution is 9.11. The Morgan fingerprint density at radius 3 is 2.35 bits per heavy atom. The number of nitrogen functional groups attached to an aromatic ring is 1. The first-order valence-electron chi connectivity index (χ1n) is 5.01. The van der Waals surface area contributed by atoms with Crippen LogP contribution in [0.2, 0.25) is 0 Å². The van der Waals surface area contributed by atoms with Crippen LogP contribution in [0, 0.1) is 6.92 Å². The van der Waals surface area contributed by atoms with Crippen LogP contribution in [0.5, 0.6) is 0 Å². The van der Waals surface area contributed by atoms with Crippen molar-refractivity contribution >= 4 is 49.1 Å². The molecule has 1 aromatic heterocycles. The molecule has 0 aliphatic heterocycles. The molecule has 0 fully saturated rings. The summed E-state index contributed by atoms with van der Waals surface area (Å²) < 4.78 is 3.66. The number of aryl methyl sites for hydroxylation is 2. The van der Waals surface area contributed by atoms with Gasteiger partial charge >= 0.3 is 0 Å². The Hall–Kier alpha value is -1.01. The van der Waals surface area contributed by atoms with Gasteiger partial charge in [-0.3, -0.25) is 4.68 Å². The number of hydrogen-bond donors (Lipinski definition) is 2. The molecule has 0 aliphatic carbocycles. The van der Waals surface area contributed by atoms with E-state index >= 15 is 0 Å². The highest BCUT2D eigenvalue weighted by Gasteiger charge is 2.12. The molecule has 0 amide bonds. The summed E-state index contributed by atoms with van der Waals surface area (Å²) >= 11 is 7.00. The minimum absolute atomic E-state index is 0.662. The molecule has 0 bridgehead atoms. The SMILES string of the molecule is Cc1nn(C)c(Nc2c(Br)cccc2Br)c1N. The minimum Gasteiger partial charge on any atom is -0.394 e. The van der Waals surface area contributed by atoms with Gasteiger partial charge in [0, 0.05) is 16.0 Å². The number of nitrogens with one attached hydrogen (secondary N) is 1. The number of hydrogen-bond acceptors (Lipinski definition) is 3. The molecule has 2 aromatic rings. The number of nitrogens with two attached hydrogens (primary N) is 1. The van der Waals surface area contributed by atoms with Gasteiger partial charge < -0.3 is 11.1 Å². The predicted octanol–water partition coefficient (Wildman–Crippen LogP) is 3.58. The van der Waals surface area contributed by atoms with Crippen molar-refractivity contribution in [3.63, 3.8) is 0 Å². The maximum Gasteiger partial charge on any atom is 0.152 e. The Bertz CT molecular complexity index is 543. The summed E-state index contributed by atoms with van der Waals surface area (Å²) in [6.07, 6.45) is 0. The molecule has 0 saturated carbocycles. The Balaban J connectivity index is 2.45. The average Bonchev–Trinajstić information content (AvgIpc) is 2.49. The number of halogens is 2. The Morgan fingerprint density at radius 1 is 1.29 bits per heavy atom. The van der Waals surface area contributed by atoms with E-state index in [0.29, 0.717) is 5.69 Å². The van der Waals surface area contributed by atoms with Crippen LogP contribution in [0.4, 0.5) is 17.2 Å². The van der Waals surface area contributed by atoms with Crippen LogP contribution in [0.25, 0.3) is 0 Å². The third-order valence-corrected chi connectivity index (χ3v) is 3.80. The third kappa shape index (κ3) is 2.32. The zero-order chi connectivity index (χ0) is 12.6. The molecule has 17 heavy (non-hydrogen) atoms. The maximum absolute atomic E-state index is 5.97. The summed E-state index contributed by atoms with van der Waals surface area (Å²) in [5.74, 6) is 0.787. The van der Waals surface area contributed by atoms with Gasteiger partial charge in [-0.05, 0) is 50.9 Å². The van der Waals surface area contributed by atoms with E-state index in [9.17, 15) is 0 Å². The van der Waals surface area contributed by atoms with Crippen molar-refractivity contribution in [1.82, 2.24) is 9.78 Å². The molecule has 0 spiro atoms. The molecule has 1 aromatic carbocycles. The van der Waals surface area contributed by atoms with Gasteiger partial charge in [-0.15, -0.1) is 0 Å². The molecule has 0 aliphatic rings. The van der Waals surface area contributed by atoms with Gasteiger partial charge in [0.15, 0.2) is 5.82 Å². The van der Waals surface area contributed by atoms with Gasteiger partial charge in [0.25, 0.3) is 0 Å². The fraction of sp³-hybridized carbons (Fsp3) is 0.182. The van der Waals surface area contributed by atoms with Crippen molar-refractivity contribution in [1.29, 1.82) is 0 Å². The lowest BCUT2D eigenvalue weighted by Crippen LogP contribution is -2.02. The molecule has 0 unspecified atom stereocenters. The molecule has 90 valence electrons. The lowest BCUT2D eigenvalue weighted by Gasteiger charge is -2.11. The normalized spacial score (nSPS) is 10.6. The van der Waals surface area contributed by atoms with Gasteiger partial charge in [-0.25, -0.2) is 0 Å². The van der Waals surface area contributed by atoms with Gasteiger partial charge in [-0.2, -0.15) is 5.10 Å². The molecule has 1 heterocycles. The second-order valence-corrected chi connectivity index (χ2v) is 5.40. The summed E-state index contributed by atoms with van der Waals surface area (Å²) in [4.78, 5) is 0. The Morgan fingerprint density at radius 2 is 1.88 bits per heavy atom. The summed E-state index contributed by atoms with van der Waals surface area (Å²) in [6, 6.07) is 5.89. The maximum atomic E-state index is 5.97. The lowest BCUT2D eigenvalue weighted by atomic mass is 10.3. The van der Waals surface area contributed by atoms with E-state index in [2.05, 4.69) is 42.3 Å². The van der Waals surface area contributed by atoms with E-state index in [1.165, 1.54) is 0 Å². The third-order valence-electron chi connectivity index (χ3n) is 2.47. The smallest absolute Gasteiger partial charge is 0.152 e. The van der Waals surface area contributed by atoms with Crippen molar-refractivity contribution in [2.24, 2.45) is 7.05 Å². The monoisotopic (exact) mass is 358 g/mol. The van der Waals surface area contributed by atoms with Crippen molar-refractivity contribution in [3.05, 3.63) is 32.8 Å². The lowest BCUT2D eigenvalue weighted by molar-refractivity contribution is 0.765. The first-order valence-corrected chi connectivity index (χ1v) is 6.59. The Kier molecular flexibility index (Phi) is 3.44. The van der Waals surface area contributed by atoms with Crippen LogP contribution in [0.3, 0.4) is 0 Å². The average molecular weight is 360 g/mol. The number of anilines is 3. The molecular weight excluding hydrogens is 348 g/mol. The summed E-state index contributed by atoms with van der Waals surface area (Å²) in [5.41, 5.74) is 8.39. The molecule has 4 nitrogen and oxygen atoms in total. The highest BCUT2D eigenvalue weighted by Crippen LogP contribution is 2.35. The molecule has 0 radical (unpaired) electrons. The number of rotatable bonds is 2. The number of aromatic nitrogens is 2. The number of para-hydroxylation sites is 1. The van der Waals surface area contributed by atoms with E-state index < -0.39 is 0 Å². The molecule has 2 rings (SSSR count). The fourth-order valence-corrected chi connectivity index (χ4v) is 2.76. The van der Waals surface area contributed by atoms with Crippen molar-refractivity contribution < 1.29 is 0 Å². The van der Waals surface area contributed by atoms with E-state index in [0.717, 1.165) is 26.1 Å². The highest BCUT2D eigenvalue weighted by atomic mass is 79.9. The van der Waals surface area contributed by atoms with Crippen LogP contribution in [-0.4, -0.2) is 9.78 Å². The summed E-state index contributed by atoms with van der Waals surface area (Å²) in [7, 11) is 1.86. The predicted molar refractivity (Wildman–Crippen MR) is 77.5 cm³/mol. The summed E-state index contributed by atoms with van der Waals surface area (Å²) in [6.45, 7) is 1.88. The molecule has 0 atom stereocenters. The van der Waals surface area contributed by atoms with Crippen LogP contribution >= 0.6 is 31.9 Å². The summed E-state index contributed by atoms with van der Waals surface area (Å²) in [5, 5.41) is 7.54. The van der Waals surface area contributed by atoms with Gasteiger partial charge in [0.2, 0.25) is 0 Å². The van der Waals surface area contributed by atoms with Crippen LogP contribution in [-0.2, 0) is 7.05 Å². The van der Waals surface area contributed by atoms with Crippen molar-refractivity contribution in [3.8, 4) is 0 Å². The van der Waals surface area contributed by atoms with E-state index in [1.54, 1.807) is 4.68 Å². The minimum atomic E-state index is 0.662. The van der Waals surface area contributed by atoms with Crippen molar-refractivity contribution in [2.75, 3.05) is 11.1 Å². The molecule has 0 saturated heterocycles.